The first-order chi connectivity index (χ1) is 15.1. The van der Waals surface area contributed by atoms with E-state index in [9.17, 15) is 19.1 Å². The fourth-order valence-electron chi connectivity index (χ4n) is 3.71. The largest absolute Gasteiger partial charge is 0.444 e. The maximum Gasteiger partial charge on any atom is 0.410 e. The minimum atomic E-state index is -0.907. The van der Waals surface area contributed by atoms with Crippen molar-refractivity contribution in [1.29, 1.82) is 0 Å². The number of aldehydes is 1. The highest BCUT2D eigenvalue weighted by Gasteiger charge is 2.39. The molecule has 2 unspecified atom stereocenters. The summed E-state index contributed by atoms with van der Waals surface area (Å²) < 4.78 is 18.6. The zero-order valence-electron chi connectivity index (χ0n) is 19.5. The van der Waals surface area contributed by atoms with Gasteiger partial charge in [0.15, 0.2) is 0 Å². The monoisotopic (exact) mass is 443 g/mol. The third-order valence-electron chi connectivity index (χ3n) is 4.99. The van der Waals surface area contributed by atoms with E-state index in [-0.39, 0.29) is 18.9 Å². The van der Waals surface area contributed by atoms with Crippen molar-refractivity contribution in [3.05, 3.63) is 59.9 Å². The predicted octanol–water partition coefficient (Wildman–Crippen LogP) is 5.42. The third kappa shape index (κ3) is 6.89. The van der Waals surface area contributed by atoms with Crippen LogP contribution in [-0.2, 0) is 9.53 Å². The molecule has 0 spiro atoms. The molecule has 5 nitrogen and oxygen atoms in total. The van der Waals surface area contributed by atoms with Gasteiger partial charge in [0.05, 0.1) is 12.6 Å². The molecule has 32 heavy (non-hydrogen) atoms. The van der Waals surface area contributed by atoms with Crippen molar-refractivity contribution in [2.45, 2.75) is 58.7 Å². The standard InChI is InChI=1S/C23H26FNO4.C3H8/c1-23(2,3)29-22(28)25-12-18(14-26)21(20(27)13-25)17-6-4-5-16(11-17)15-7-9-19(24)10-8-15;1-3-2/h4-11,14,18,20-21,27H,12-13H2,1-3H3;3H2,1-2H3/t18?,20?,21-;/m1./s1. The topological polar surface area (TPSA) is 66.8 Å². The SMILES string of the molecule is CC(C)(C)OC(=O)N1CC(O)[C@H](c2cccc(-c3ccc(F)cc3)c2)C(C=O)C1.CCC. The Kier molecular flexibility index (Phi) is 8.96. The summed E-state index contributed by atoms with van der Waals surface area (Å²) in [4.78, 5) is 25.6. The average Bonchev–Trinajstić information content (AvgIpc) is 2.73. The first-order valence-electron chi connectivity index (χ1n) is 11.1. The number of hydrogen-bond acceptors (Lipinski definition) is 4. The molecule has 1 aliphatic rings. The second-order valence-corrected chi connectivity index (χ2v) is 9.12. The molecule has 0 radical (unpaired) electrons. The molecule has 0 bridgehead atoms. The van der Waals surface area contributed by atoms with Gasteiger partial charge in [-0.1, -0.05) is 56.7 Å². The van der Waals surface area contributed by atoms with Gasteiger partial charge in [-0.2, -0.15) is 0 Å². The van der Waals surface area contributed by atoms with E-state index in [0.29, 0.717) is 0 Å². The lowest BCUT2D eigenvalue weighted by Crippen LogP contribution is -2.52. The molecule has 0 saturated carbocycles. The van der Waals surface area contributed by atoms with Crippen LogP contribution in [0.15, 0.2) is 48.5 Å². The highest BCUT2D eigenvalue weighted by atomic mass is 19.1. The molecular weight excluding hydrogens is 409 g/mol. The van der Waals surface area contributed by atoms with Crippen LogP contribution in [-0.4, -0.2) is 47.2 Å². The van der Waals surface area contributed by atoms with Gasteiger partial charge in [-0.05, 0) is 49.6 Å². The van der Waals surface area contributed by atoms with Crippen molar-refractivity contribution in [2.75, 3.05) is 13.1 Å². The fraction of sp³-hybridized carbons (Fsp3) is 0.462. The number of carbonyl (C=O) groups is 2. The smallest absolute Gasteiger partial charge is 0.410 e. The molecule has 1 heterocycles. The summed E-state index contributed by atoms with van der Waals surface area (Å²) in [5.74, 6) is -1.31. The van der Waals surface area contributed by atoms with Crippen molar-refractivity contribution < 1.29 is 23.8 Å². The highest BCUT2D eigenvalue weighted by Crippen LogP contribution is 2.35. The van der Waals surface area contributed by atoms with Gasteiger partial charge in [0.25, 0.3) is 0 Å². The molecule has 3 rings (SSSR count). The van der Waals surface area contributed by atoms with Crippen LogP contribution in [0.4, 0.5) is 9.18 Å². The van der Waals surface area contributed by atoms with Gasteiger partial charge in [-0.15, -0.1) is 0 Å². The number of ether oxygens (including phenoxy) is 1. The lowest BCUT2D eigenvalue weighted by Gasteiger charge is -2.40. The molecule has 1 amide bonds. The summed E-state index contributed by atoms with van der Waals surface area (Å²) in [6.07, 6.45) is 0.589. The molecule has 1 aliphatic heterocycles. The van der Waals surface area contributed by atoms with Crippen LogP contribution in [0, 0.1) is 11.7 Å². The zero-order valence-corrected chi connectivity index (χ0v) is 19.5. The normalized spacial score (nSPS) is 20.7. The number of β-amino-alcohol motifs (C(OH)–C–C–N with tert-alkyl or cyclic N) is 1. The van der Waals surface area contributed by atoms with E-state index in [0.717, 1.165) is 23.0 Å². The Bertz CT molecular complexity index is 891. The summed E-state index contributed by atoms with van der Waals surface area (Å²) in [6.45, 7) is 9.83. The molecule has 1 N–H and O–H groups in total. The third-order valence-corrected chi connectivity index (χ3v) is 4.99. The number of benzene rings is 2. The van der Waals surface area contributed by atoms with Gasteiger partial charge in [0, 0.05) is 18.4 Å². The van der Waals surface area contributed by atoms with Crippen LogP contribution in [0.5, 0.6) is 0 Å². The summed E-state index contributed by atoms with van der Waals surface area (Å²) in [5.41, 5.74) is 1.87. The average molecular weight is 444 g/mol. The quantitative estimate of drug-likeness (QED) is 0.644. The number of halogens is 1. The van der Waals surface area contributed by atoms with Gasteiger partial charge in [-0.25, -0.2) is 9.18 Å². The van der Waals surface area contributed by atoms with Gasteiger partial charge >= 0.3 is 6.09 Å². The van der Waals surface area contributed by atoms with Crippen molar-refractivity contribution in [3.63, 3.8) is 0 Å². The van der Waals surface area contributed by atoms with Crippen molar-refractivity contribution in [2.24, 2.45) is 5.92 Å². The number of aliphatic hydroxyl groups is 1. The molecular formula is C26H34FNO4. The van der Waals surface area contributed by atoms with Gasteiger partial charge in [0.1, 0.15) is 17.7 Å². The zero-order chi connectivity index (χ0) is 23.9. The summed E-state index contributed by atoms with van der Waals surface area (Å²) in [6, 6.07) is 13.7. The molecule has 0 aliphatic carbocycles. The number of likely N-dealkylation sites (tertiary alicyclic amines) is 1. The fourth-order valence-corrected chi connectivity index (χ4v) is 3.71. The first kappa shape index (κ1) is 25.5. The Balaban J connectivity index is 0.00000114. The minimum absolute atomic E-state index is 0.0880. The number of hydrogen-bond donors (Lipinski definition) is 1. The summed E-state index contributed by atoms with van der Waals surface area (Å²) in [7, 11) is 0. The van der Waals surface area contributed by atoms with Crippen LogP contribution in [0.25, 0.3) is 11.1 Å². The Morgan fingerprint density at radius 3 is 2.31 bits per heavy atom. The van der Waals surface area contributed by atoms with Crippen LogP contribution in [0.3, 0.4) is 0 Å². The molecule has 3 atom stereocenters. The van der Waals surface area contributed by atoms with Crippen molar-refractivity contribution in [1.82, 2.24) is 4.90 Å². The van der Waals surface area contributed by atoms with Crippen LogP contribution >= 0.6 is 0 Å². The molecule has 0 aromatic heterocycles. The lowest BCUT2D eigenvalue weighted by atomic mass is 9.78. The first-order valence-corrected chi connectivity index (χ1v) is 11.1. The highest BCUT2D eigenvalue weighted by molar-refractivity contribution is 5.70. The van der Waals surface area contributed by atoms with Crippen LogP contribution in [0.2, 0.25) is 0 Å². The van der Waals surface area contributed by atoms with E-state index in [4.69, 9.17) is 4.74 Å². The molecule has 174 valence electrons. The van der Waals surface area contributed by atoms with E-state index < -0.39 is 29.6 Å². The van der Waals surface area contributed by atoms with Crippen molar-refractivity contribution in [3.8, 4) is 11.1 Å². The second kappa shape index (κ2) is 11.2. The van der Waals surface area contributed by atoms with Crippen LogP contribution in [0.1, 0.15) is 52.5 Å². The number of carbonyl (C=O) groups excluding carboxylic acids is 2. The van der Waals surface area contributed by atoms with Crippen molar-refractivity contribution >= 4 is 12.4 Å². The lowest BCUT2D eigenvalue weighted by molar-refractivity contribution is -0.115. The molecule has 2 aromatic carbocycles. The number of rotatable bonds is 3. The minimum Gasteiger partial charge on any atom is -0.444 e. The maximum absolute atomic E-state index is 13.2. The number of piperidine rings is 1. The summed E-state index contributed by atoms with van der Waals surface area (Å²) in [5, 5.41) is 10.8. The van der Waals surface area contributed by atoms with E-state index in [2.05, 4.69) is 13.8 Å². The number of aliphatic hydroxyl groups excluding tert-OH is 1. The number of amides is 1. The second-order valence-electron chi connectivity index (χ2n) is 9.12. The Labute approximate surface area is 190 Å². The van der Waals surface area contributed by atoms with E-state index in [1.807, 2.05) is 24.3 Å². The van der Waals surface area contributed by atoms with Gasteiger partial charge < -0.3 is 19.5 Å². The molecule has 1 saturated heterocycles. The molecule has 1 fully saturated rings. The van der Waals surface area contributed by atoms with E-state index in [1.54, 1.807) is 32.9 Å². The number of nitrogens with zero attached hydrogens (tertiary/aromatic N) is 1. The molecule has 6 heteroatoms. The van der Waals surface area contributed by atoms with Gasteiger partial charge in [0.2, 0.25) is 0 Å². The van der Waals surface area contributed by atoms with E-state index >= 15 is 0 Å². The Morgan fingerprint density at radius 1 is 1.12 bits per heavy atom. The summed E-state index contributed by atoms with van der Waals surface area (Å²) >= 11 is 0. The predicted molar refractivity (Wildman–Crippen MR) is 124 cm³/mol. The maximum atomic E-state index is 13.2. The van der Waals surface area contributed by atoms with Crippen LogP contribution < -0.4 is 0 Å². The Hall–Kier alpha value is -2.73. The van der Waals surface area contributed by atoms with E-state index in [1.165, 1.54) is 23.5 Å². The Morgan fingerprint density at radius 2 is 1.75 bits per heavy atom. The van der Waals surface area contributed by atoms with Gasteiger partial charge in [-0.3, -0.25) is 0 Å². The molecule has 2 aromatic rings.